The van der Waals surface area contributed by atoms with E-state index in [-0.39, 0.29) is 6.04 Å². The molecule has 1 fully saturated rings. The molecule has 0 saturated carbocycles. The molecule has 1 atom stereocenters. The molecule has 1 unspecified atom stereocenters. The van der Waals surface area contributed by atoms with Crippen LogP contribution in [0.5, 0.6) is 0 Å². The van der Waals surface area contributed by atoms with Gasteiger partial charge in [-0.05, 0) is 31.9 Å². The van der Waals surface area contributed by atoms with Crippen molar-refractivity contribution < 1.29 is 8.42 Å². The van der Waals surface area contributed by atoms with E-state index in [0.29, 0.717) is 11.4 Å². The quantitative estimate of drug-likeness (QED) is 0.845. The van der Waals surface area contributed by atoms with Crippen LogP contribution < -0.4 is 5.32 Å². The molecule has 102 valence electrons. The highest BCUT2D eigenvalue weighted by Gasteiger charge is 2.31. The van der Waals surface area contributed by atoms with E-state index in [0.717, 1.165) is 32.4 Å². The van der Waals surface area contributed by atoms with Crippen LogP contribution in [0.1, 0.15) is 26.2 Å². The largest absolute Gasteiger partial charge is 0.366 e. The molecule has 2 rings (SSSR count). The summed E-state index contributed by atoms with van der Waals surface area (Å²) in [5.41, 5.74) is 0. The van der Waals surface area contributed by atoms with Crippen LogP contribution in [0, 0.1) is 0 Å². The summed E-state index contributed by atoms with van der Waals surface area (Å²) in [7, 11) is -3.36. The summed E-state index contributed by atoms with van der Waals surface area (Å²) in [4.78, 5) is 3.18. The fourth-order valence-corrected chi connectivity index (χ4v) is 4.13. The molecule has 2 heterocycles. The third-order valence-corrected chi connectivity index (χ3v) is 5.25. The molecular formula is C12H21N3O2S. The van der Waals surface area contributed by atoms with Gasteiger partial charge < -0.3 is 10.3 Å². The Kier molecular flexibility index (Phi) is 4.42. The Balaban J connectivity index is 2.23. The average Bonchev–Trinajstić information content (AvgIpc) is 2.91. The molecule has 0 aromatic carbocycles. The number of H-pyrrole nitrogens is 1. The van der Waals surface area contributed by atoms with Gasteiger partial charge in [-0.15, -0.1) is 0 Å². The van der Waals surface area contributed by atoms with E-state index in [2.05, 4.69) is 10.3 Å². The highest BCUT2D eigenvalue weighted by Crippen LogP contribution is 2.21. The molecule has 1 saturated heterocycles. The highest BCUT2D eigenvalue weighted by atomic mass is 32.2. The van der Waals surface area contributed by atoms with Gasteiger partial charge in [-0.3, -0.25) is 0 Å². The van der Waals surface area contributed by atoms with E-state index in [9.17, 15) is 8.42 Å². The Bertz CT molecular complexity index is 450. The third-order valence-electron chi connectivity index (χ3n) is 3.30. The van der Waals surface area contributed by atoms with E-state index < -0.39 is 10.0 Å². The number of aromatic nitrogens is 1. The molecule has 2 N–H and O–H groups in total. The van der Waals surface area contributed by atoms with Crippen LogP contribution >= 0.6 is 0 Å². The Morgan fingerprint density at radius 1 is 1.50 bits per heavy atom. The van der Waals surface area contributed by atoms with Crippen molar-refractivity contribution in [1.82, 2.24) is 14.6 Å². The molecule has 0 spiro atoms. The van der Waals surface area contributed by atoms with Gasteiger partial charge in [0, 0.05) is 31.5 Å². The van der Waals surface area contributed by atoms with Crippen molar-refractivity contribution in [2.45, 2.75) is 37.1 Å². The van der Waals surface area contributed by atoms with E-state index in [1.807, 2.05) is 6.92 Å². The van der Waals surface area contributed by atoms with Gasteiger partial charge in [0.1, 0.15) is 0 Å². The number of nitrogens with one attached hydrogen (secondary N) is 2. The normalized spacial score (nSPS) is 21.3. The van der Waals surface area contributed by atoms with Crippen molar-refractivity contribution in [3.8, 4) is 0 Å². The number of piperidine rings is 1. The standard InChI is InChI=1S/C12H21N3O2S/c1-2-8-15(11-4-3-6-13-9-11)18(16,17)12-5-7-14-10-12/h5,7,10-11,13-14H,2-4,6,8-9H2,1H3. The average molecular weight is 271 g/mol. The first-order valence-corrected chi connectivity index (χ1v) is 7.95. The lowest BCUT2D eigenvalue weighted by molar-refractivity contribution is 0.266. The topological polar surface area (TPSA) is 65.2 Å². The fraction of sp³-hybridized carbons (Fsp3) is 0.667. The van der Waals surface area contributed by atoms with Gasteiger partial charge in [-0.2, -0.15) is 4.31 Å². The summed E-state index contributed by atoms with van der Waals surface area (Å²) in [6.45, 7) is 4.33. The second-order valence-corrected chi connectivity index (χ2v) is 6.55. The minimum absolute atomic E-state index is 0.0820. The lowest BCUT2D eigenvalue weighted by Gasteiger charge is -2.33. The molecule has 18 heavy (non-hydrogen) atoms. The summed E-state index contributed by atoms with van der Waals surface area (Å²) in [5.74, 6) is 0. The summed E-state index contributed by atoms with van der Waals surface area (Å²) in [6.07, 6.45) is 6.01. The Morgan fingerprint density at radius 3 is 2.89 bits per heavy atom. The van der Waals surface area contributed by atoms with Crippen molar-refractivity contribution in [2.75, 3.05) is 19.6 Å². The summed E-state index contributed by atoms with van der Waals surface area (Å²) in [5, 5.41) is 3.28. The van der Waals surface area contributed by atoms with E-state index in [1.54, 1.807) is 22.8 Å². The Morgan fingerprint density at radius 2 is 2.33 bits per heavy atom. The van der Waals surface area contributed by atoms with Crippen LogP contribution in [0.4, 0.5) is 0 Å². The highest BCUT2D eigenvalue weighted by molar-refractivity contribution is 7.89. The van der Waals surface area contributed by atoms with Crippen LogP contribution in [0.2, 0.25) is 0 Å². The lowest BCUT2D eigenvalue weighted by atomic mass is 10.1. The molecule has 0 aliphatic carbocycles. The maximum atomic E-state index is 12.6. The van der Waals surface area contributed by atoms with E-state index in [1.165, 1.54) is 0 Å². The van der Waals surface area contributed by atoms with Gasteiger partial charge in [0.2, 0.25) is 10.0 Å². The lowest BCUT2D eigenvalue weighted by Crippen LogP contribution is -2.48. The minimum Gasteiger partial charge on any atom is -0.366 e. The van der Waals surface area contributed by atoms with Crippen molar-refractivity contribution in [1.29, 1.82) is 0 Å². The van der Waals surface area contributed by atoms with Crippen LogP contribution in [0.3, 0.4) is 0 Å². The molecule has 1 aliphatic heterocycles. The maximum absolute atomic E-state index is 12.6. The zero-order valence-electron chi connectivity index (χ0n) is 10.7. The predicted octanol–water partition coefficient (Wildman–Crippen LogP) is 1.17. The molecule has 1 aromatic rings. The maximum Gasteiger partial charge on any atom is 0.244 e. The van der Waals surface area contributed by atoms with Crippen LogP contribution in [0.25, 0.3) is 0 Å². The predicted molar refractivity (Wildman–Crippen MR) is 70.9 cm³/mol. The number of nitrogens with zero attached hydrogens (tertiary/aromatic N) is 1. The first kappa shape index (κ1) is 13.6. The fourth-order valence-electron chi connectivity index (χ4n) is 2.40. The monoisotopic (exact) mass is 271 g/mol. The van der Waals surface area contributed by atoms with Gasteiger partial charge >= 0.3 is 0 Å². The van der Waals surface area contributed by atoms with Gasteiger partial charge in [0.15, 0.2) is 0 Å². The smallest absolute Gasteiger partial charge is 0.244 e. The van der Waals surface area contributed by atoms with Crippen molar-refractivity contribution in [3.63, 3.8) is 0 Å². The Labute approximate surface area is 109 Å². The van der Waals surface area contributed by atoms with Crippen molar-refractivity contribution in [2.24, 2.45) is 0 Å². The molecule has 0 amide bonds. The van der Waals surface area contributed by atoms with Crippen molar-refractivity contribution >= 4 is 10.0 Å². The summed E-state index contributed by atoms with van der Waals surface area (Å²) < 4.78 is 26.8. The first-order chi connectivity index (χ1) is 8.66. The summed E-state index contributed by atoms with van der Waals surface area (Å²) in [6, 6.07) is 1.70. The second kappa shape index (κ2) is 5.86. The molecule has 0 radical (unpaired) electrons. The number of sulfonamides is 1. The van der Waals surface area contributed by atoms with Gasteiger partial charge in [-0.25, -0.2) is 8.42 Å². The molecule has 1 aromatic heterocycles. The Hall–Kier alpha value is -0.850. The number of hydrogen-bond acceptors (Lipinski definition) is 3. The number of rotatable bonds is 5. The molecular weight excluding hydrogens is 250 g/mol. The molecule has 5 nitrogen and oxygen atoms in total. The molecule has 1 aliphatic rings. The van der Waals surface area contributed by atoms with E-state index >= 15 is 0 Å². The van der Waals surface area contributed by atoms with Crippen LogP contribution in [-0.4, -0.2) is 43.4 Å². The number of hydrogen-bond donors (Lipinski definition) is 2. The zero-order chi connectivity index (χ0) is 13.0. The second-order valence-electron chi connectivity index (χ2n) is 4.66. The number of aromatic amines is 1. The summed E-state index contributed by atoms with van der Waals surface area (Å²) >= 11 is 0. The van der Waals surface area contributed by atoms with Crippen LogP contribution in [0.15, 0.2) is 23.4 Å². The van der Waals surface area contributed by atoms with Gasteiger partial charge in [0.25, 0.3) is 0 Å². The molecule has 0 bridgehead atoms. The first-order valence-electron chi connectivity index (χ1n) is 6.51. The zero-order valence-corrected chi connectivity index (χ0v) is 11.5. The van der Waals surface area contributed by atoms with Crippen LogP contribution in [-0.2, 0) is 10.0 Å². The van der Waals surface area contributed by atoms with Crippen molar-refractivity contribution in [3.05, 3.63) is 18.5 Å². The van der Waals surface area contributed by atoms with Gasteiger partial charge in [-0.1, -0.05) is 6.92 Å². The van der Waals surface area contributed by atoms with Gasteiger partial charge in [0.05, 0.1) is 4.90 Å². The third kappa shape index (κ3) is 2.76. The molecule has 6 heteroatoms. The van der Waals surface area contributed by atoms with E-state index in [4.69, 9.17) is 0 Å². The minimum atomic E-state index is -3.36. The SMILES string of the molecule is CCCN(C1CCCNC1)S(=O)(=O)c1cc[nH]c1.